The molecule has 3 nitrogen and oxygen atoms in total. The van der Waals surface area contributed by atoms with Crippen molar-refractivity contribution in [1.29, 1.82) is 0 Å². The van der Waals surface area contributed by atoms with Gasteiger partial charge in [0.1, 0.15) is 0 Å². The molecule has 0 N–H and O–H groups in total. The van der Waals surface area contributed by atoms with Crippen LogP contribution < -0.4 is 0 Å². The molecule has 3 heteroatoms. The van der Waals surface area contributed by atoms with E-state index in [1.807, 2.05) is 0 Å². The third kappa shape index (κ3) is 1.18. The minimum absolute atomic E-state index is 0.924. The van der Waals surface area contributed by atoms with E-state index >= 15 is 0 Å². The van der Waals surface area contributed by atoms with Gasteiger partial charge >= 0.3 is 0 Å². The van der Waals surface area contributed by atoms with Crippen molar-refractivity contribution in [2.24, 2.45) is 0 Å². The highest BCUT2D eigenvalue weighted by atomic mass is 16.5. The van der Waals surface area contributed by atoms with E-state index in [-0.39, 0.29) is 0 Å². The lowest BCUT2D eigenvalue weighted by Crippen LogP contribution is -2.32. The van der Waals surface area contributed by atoms with Crippen LogP contribution in [0.2, 0.25) is 0 Å². The van der Waals surface area contributed by atoms with Gasteiger partial charge < -0.3 is 10.4 Å². The summed E-state index contributed by atoms with van der Waals surface area (Å²) in [6.07, 6.45) is 2.35. The van der Waals surface area contributed by atoms with Crippen LogP contribution in [0.3, 0.4) is 0 Å². The Morgan fingerprint density at radius 3 is 2.12 bits per heavy atom. The molecule has 1 rings (SSSR count). The van der Waals surface area contributed by atoms with Crippen molar-refractivity contribution in [3.63, 3.8) is 0 Å². The maximum Gasteiger partial charge on any atom is 0.0123 e. The van der Waals surface area contributed by atoms with Gasteiger partial charge in [-0.1, -0.05) is 0 Å². The SMILES string of the molecule is CN([O-])N1CCCC1. The van der Waals surface area contributed by atoms with Crippen molar-refractivity contribution >= 4 is 0 Å². The Hall–Kier alpha value is -0.120. The number of nitrogens with zero attached hydrogens (tertiary/aromatic N) is 2. The smallest absolute Gasteiger partial charge is 0.0123 e. The standard InChI is InChI=1S/C5H11N2O/c1-6(8)7-4-2-3-5-7/h2-5H2,1H3/q-1. The first-order valence-corrected chi connectivity index (χ1v) is 2.96. The Balaban J connectivity index is 2.24. The number of hydrogen-bond donors (Lipinski definition) is 0. The van der Waals surface area contributed by atoms with Crippen LogP contribution in [0.25, 0.3) is 0 Å². The van der Waals surface area contributed by atoms with E-state index in [1.54, 1.807) is 12.1 Å². The monoisotopic (exact) mass is 115 g/mol. The zero-order valence-corrected chi connectivity index (χ0v) is 5.13. The molecule has 1 aliphatic heterocycles. The van der Waals surface area contributed by atoms with E-state index in [2.05, 4.69) is 0 Å². The average Bonchev–Trinajstić information content (AvgIpc) is 2.12. The van der Waals surface area contributed by atoms with Crippen LogP contribution in [0.4, 0.5) is 0 Å². The Kier molecular flexibility index (Phi) is 1.83. The summed E-state index contributed by atoms with van der Waals surface area (Å²) in [6, 6.07) is 0. The summed E-state index contributed by atoms with van der Waals surface area (Å²) < 4.78 is 0. The first-order chi connectivity index (χ1) is 3.80. The second-order valence-electron chi connectivity index (χ2n) is 2.12. The third-order valence-corrected chi connectivity index (χ3v) is 1.48. The first-order valence-electron chi connectivity index (χ1n) is 2.96. The fraction of sp³-hybridized carbons (Fsp3) is 1.00. The van der Waals surface area contributed by atoms with E-state index < -0.39 is 0 Å². The van der Waals surface area contributed by atoms with Crippen LogP contribution in [0, 0.1) is 5.21 Å². The van der Waals surface area contributed by atoms with E-state index in [4.69, 9.17) is 0 Å². The lowest BCUT2D eigenvalue weighted by Gasteiger charge is -2.32. The van der Waals surface area contributed by atoms with Gasteiger partial charge in [0.05, 0.1) is 0 Å². The van der Waals surface area contributed by atoms with Gasteiger partial charge in [0.25, 0.3) is 0 Å². The van der Waals surface area contributed by atoms with Crippen molar-refractivity contribution in [3.05, 3.63) is 5.21 Å². The molecule has 0 spiro atoms. The quantitative estimate of drug-likeness (QED) is 0.464. The summed E-state index contributed by atoms with van der Waals surface area (Å²) in [7, 11) is 1.55. The molecule has 8 heavy (non-hydrogen) atoms. The Labute approximate surface area is 49.4 Å². The third-order valence-electron chi connectivity index (χ3n) is 1.48. The molecule has 0 aromatic heterocycles. The van der Waals surface area contributed by atoms with Crippen LogP contribution >= 0.6 is 0 Å². The first kappa shape index (κ1) is 6.01. The zero-order chi connectivity index (χ0) is 5.98. The van der Waals surface area contributed by atoms with Gasteiger partial charge in [-0.3, -0.25) is 5.01 Å². The molecule has 0 aromatic rings. The minimum atomic E-state index is 0.924. The molecule has 0 saturated carbocycles. The summed E-state index contributed by atoms with van der Waals surface area (Å²) in [5.41, 5.74) is 0. The summed E-state index contributed by atoms with van der Waals surface area (Å²) in [6.45, 7) is 1.89. The predicted molar refractivity (Wildman–Crippen MR) is 31.9 cm³/mol. The van der Waals surface area contributed by atoms with Gasteiger partial charge in [-0.15, -0.1) is 0 Å². The van der Waals surface area contributed by atoms with E-state index in [1.165, 1.54) is 12.8 Å². The normalized spacial score (nSPS) is 22.9. The Morgan fingerprint density at radius 1 is 1.38 bits per heavy atom. The largest absolute Gasteiger partial charge is 0.772 e. The molecule has 0 aromatic carbocycles. The van der Waals surface area contributed by atoms with Crippen LogP contribution in [0.5, 0.6) is 0 Å². The molecule has 1 aliphatic rings. The van der Waals surface area contributed by atoms with Crippen LogP contribution in [0.1, 0.15) is 12.8 Å². The molecule has 0 amide bonds. The average molecular weight is 115 g/mol. The lowest BCUT2D eigenvalue weighted by molar-refractivity contribution is 0.0784. The second kappa shape index (κ2) is 2.44. The van der Waals surface area contributed by atoms with Gasteiger partial charge in [0.2, 0.25) is 0 Å². The van der Waals surface area contributed by atoms with Gasteiger partial charge in [0.15, 0.2) is 0 Å². The molecule has 0 bridgehead atoms. The zero-order valence-electron chi connectivity index (χ0n) is 5.13. The molecule has 1 fully saturated rings. The van der Waals surface area contributed by atoms with Crippen LogP contribution in [0.15, 0.2) is 0 Å². The molecule has 0 radical (unpaired) electrons. The molecule has 0 atom stereocenters. The summed E-state index contributed by atoms with van der Waals surface area (Å²) in [5, 5.41) is 13.2. The number of hydroxylamine groups is 1. The Bertz CT molecular complexity index is 68.8. The maximum atomic E-state index is 10.5. The second-order valence-corrected chi connectivity index (χ2v) is 2.12. The van der Waals surface area contributed by atoms with Crippen molar-refractivity contribution < 1.29 is 0 Å². The molecule has 0 unspecified atom stereocenters. The number of rotatable bonds is 1. The molecule has 1 saturated heterocycles. The van der Waals surface area contributed by atoms with Crippen molar-refractivity contribution in [3.8, 4) is 0 Å². The minimum Gasteiger partial charge on any atom is -0.772 e. The summed E-state index contributed by atoms with van der Waals surface area (Å²) in [4.78, 5) is 0. The highest BCUT2D eigenvalue weighted by molar-refractivity contribution is 4.62. The lowest BCUT2D eigenvalue weighted by atomic mass is 10.4. The van der Waals surface area contributed by atoms with Crippen LogP contribution in [-0.2, 0) is 0 Å². The highest BCUT2D eigenvalue weighted by Gasteiger charge is 2.09. The topological polar surface area (TPSA) is 29.5 Å². The van der Waals surface area contributed by atoms with E-state index in [0.717, 1.165) is 18.3 Å². The van der Waals surface area contributed by atoms with Gasteiger partial charge in [-0.05, 0) is 19.9 Å². The summed E-state index contributed by atoms with van der Waals surface area (Å²) >= 11 is 0. The van der Waals surface area contributed by atoms with Gasteiger partial charge in [-0.2, -0.15) is 0 Å². The van der Waals surface area contributed by atoms with Gasteiger partial charge in [-0.25, -0.2) is 0 Å². The maximum absolute atomic E-state index is 10.5. The van der Waals surface area contributed by atoms with Crippen LogP contribution in [-0.4, -0.2) is 30.3 Å². The number of hydrazine groups is 1. The Morgan fingerprint density at radius 2 is 1.88 bits per heavy atom. The van der Waals surface area contributed by atoms with E-state index in [0.29, 0.717) is 0 Å². The van der Waals surface area contributed by atoms with Crippen molar-refractivity contribution in [1.82, 2.24) is 10.2 Å². The van der Waals surface area contributed by atoms with Gasteiger partial charge in [0, 0.05) is 13.1 Å². The van der Waals surface area contributed by atoms with Crippen molar-refractivity contribution in [2.45, 2.75) is 12.8 Å². The fourth-order valence-electron chi connectivity index (χ4n) is 0.982. The molecular formula is C5H11N2O-. The number of hydrogen-bond acceptors (Lipinski definition) is 3. The molecule has 1 heterocycles. The fourth-order valence-corrected chi connectivity index (χ4v) is 0.982. The molecular weight excluding hydrogens is 104 g/mol. The highest BCUT2D eigenvalue weighted by Crippen LogP contribution is 2.07. The predicted octanol–water partition coefficient (Wildman–Crippen LogP) is 0.427. The summed E-state index contributed by atoms with van der Waals surface area (Å²) in [5.74, 6) is 0. The molecule has 0 aliphatic carbocycles. The van der Waals surface area contributed by atoms with E-state index in [9.17, 15) is 5.21 Å². The molecule has 48 valence electrons. The van der Waals surface area contributed by atoms with Crippen molar-refractivity contribution in [2.75, 3.05) is 20.1 Å².